The summed E-state index contributed by atoms with van der Waals surface area (Å²) in [5.74, 6) is 0. The molecule has 0 fully saturated rings. The van der Waals surface area contributed by atoms with Crippen molar-refractivity contribution in [3.05, 3.63) is 54.6 Å². The molecule has 1 aliphatic carbocycles. The van der Waals surface area contributed by atoms with Gasteiger partial charge in [-0.25, -0.2) is 0 Å². The molecule has 0 saturated carbocycles. The van der Waals surface area contributed by atoms with Gasteiger partial charge >= 0.3 is 0 Å². The molecule has 0 radical (unpaired) electrons. The van der Waals surface area contributed by atoms with Crippen LogP contribution in [0.25, 0.3) is 0 Å². The summed E-state index contributed by atoms with van der Waals surface area (Å²) >= 11 is 0. The molecule has 2 rings (SSSR count). The minimum atomic E-state index is -2.26. The highest BCUT2D eigenvalue weighted by Crippen LogP contribution is 2.48. The lowest BCUT2D eigenvalue weighted by Crippen LogP contribution is -2.15. The molecule has 0 amide bonds. The molecule has 0 saturated heterocycles. The van der Waals surface area contributed by atoms with Crippen molar-refractivity contribution in [2.24, 2.45) is 0 Å². The number of hydrogen-bond acceptors (Lipinski definition) is 1. The Labute approximate surface area is 90.9 Å². The zero-order chi connectivity index (χ0) is 10.7. The van der Waals surface area contributed by atoms with Crippen molar-refractivity contribution < 1.29 is 4.57 Å². The first-order chi connectivity index (χ1) is 7.21. The second-order valence-electron chi connectivity index (χ2n) is 3.94. The van der Waals surface area contributed by atoms with E-state index < -0.39 is 7.14 Å². The van der Waals surface area contributed by atoms with Gasteiger partial charge < -0.3 is 4.57 Å². The van der Waals surface area contributed by atoms with Gasteiger partial charge in [0.25, 0.3) is 0 Å². The molecule has 2 heteroatoms. The van der Waals surface area contributed by atoms with Gasteiger partial charge in [-0.3, -0.25) is 0 Å². The highest BCUT2D eigenvalue weighted by atomic mass is 31.2. The van der Waals surface area contributed by atoms with Gasteiger partial charge in [-0.2, -0.15) is 0 Å². The van der Waals surface area contributed by atoms with Gasteiger partial charge in [-0.05, 0) is 13.1 Å². The standard InChI is InChI=1S/C13H15OP/c1-15(14,12-8-4-2-5-9-12)13-10-6-3-7-11-13/h2-10,13H,11H2,1H3. The average molecular weight is 218 g/mol. The molecular formula is C13H15OP. The maximum absolute atomic E-state index is 12.7. The van der Waals surface area contributed by atoms with E-state index in [1.54, 1.807) is 0 Å². The van der Waals surface area contributed by atoms with Crippen LogP contribution in [0.2, 0.25) is 0 Å². The van der Waals surface area contributed by atoms with Crippen LogP contribution in [0, 0.1) is 0 Å². The zero-order valence-electron chi connectivity index (χ0n) is 8.84. The predicted octanol–water partition coefficient (Wildman–Crippen LogP) is 3.19. The summed E-state index contributed by atoms with van der Waals surface area (Å²) in [7, 11) is -2.26. The molecule has 2 atom stereocenters. The molecule has 2 unspecified atom stereocenters. The van der Waals surface area contributed by atoms with Gasteiger partial charge in [0.1, 0.15) is 7.14 Å². The minimum Gasteiger partial charge on any atom is -0.318 e. The first-order valence-corrected chi connectivity index (χ1v) is 7.40. The zero-order valence-corrected chi connectivity index (χ0v) is 9.73. The van der Waals surface area contributed by atoms with Crippen molar-refractivity contribution in [2.45, 2.75) is 12.1 Å². The summed E-state index contributed by atoms with van der Waals surface area (Å²) in [6.45, 7) is 1.89. The fraction of sp³-hybridized carbons (Fsp3) is 0.231. The van der Waals surface area contributed by atoms with Crippen LogP contribution >= 0.6 is 7.14 Å². The van der Waals surface area contributed by atoms with Crippen LogP contribution in [0.3, 0.4) is 0 Å². The second-order valence-corrected chi connectivity index (χ2v) is 7.10. The molecule has 0 bridgehead atoms. The molecule has 15 heavy (non-hydrogen) atoms. The minimum absolute atomic E-state index is 0.171. The molecule has 0 heterocycles. The van der Waals surface area contributed by atoms with Crippen LogP contribution in [-0.4, -0.2) is 12.3 Å². The smallest absolute Gasteiger partial charge is 0.119 e. The summed E-state index contributed by atoms with van der Waals surface area (Å²) < 4.78 is 12.7. The lowest BCUT2D eigenvalue weighted by atomic mass is 10.2. The van der Waals surface area contributed by atoms with Gasteiger partial charge in [-0.15, -0.1) is 0 Å². The Morgan fingerprint density at radius 2 is 1.93 bits per heavy atom. The van der Waals surface area contributed by atoms with Crippen LogP contribution in [0.4, 0.5) is 0 Å². The van der Waals surface area contributed by atoms with E-state index in [-0.39, 0.29) is 5.66 Å². The Kier molecular flexibility index (Phi) is 2.93. The van der Waals surface area contributed by atoms with Gasteiger partial charge in [-0.1, -0.05) is 54.6 Å². The SMILES string of the molecule is CP(=O)(c1ccccc1)C1C=CC=CC1. The molecule has 1 aromatic rings. The van der Waals surface area contributed by atoms with Gasteiger partial charge in [0, 0.05) is 11.0 Å². The van der Waals surface area contributed by atoms with Gasteiger partial charge in [0.15, 0.2) is 0 Å². The molecule has 1 aliphatic rings. The van der Waals surface area contributed by atoms with Crippen LogP contribution < -0.4 is 5.30 Å². The van der Waals surface area contributed by atoms with Crippen LogP contribution in [0.5, 0.6) is 0 Å². The van der Waals surface area contributed by atoms with E-state index in [1.165, 1.54) is 0 Å². The third kappa shape index (κ3) is 2.13. The number of allylic oxidation sites excluding steroid dienone is 4. The Morgan fingerprint density at radius 3 is 2.53 bits per heavy atom. The molecule has 1 aromatic carbocycles. The monoisotopic (exact) mass is 218 g/mol. The van der Waals surface area contributed by atoms with E-state index in [9.17, 15) is 4.57 Å². The third-order valence-corrected chi connectivity index (χ3v) is 5.83. The van der Waals surface area contributed by atoms with E-state index in [4.69, 9.17) is 0 Å². The van der Waals surface area contributed by atoms with E-state index in [1.807, 2.05) is 49.1 Å². The van der Waals surface area contributed by atoms with Crippen molar-refractivity contribution in [3.8, 4) is 0 Å². The van der Waals surface area contributed by atoms with E-state index >= 15 is 0 Å². The predicted molar refractivity (Wildman–Crippen MR) is 66.3 cm³/mol. The van der Waals surface area contributed by atoms with Gasteiger partial charge in [0.05, 0.1) is 0 Å². The van der Waals surface area contributed by atoms with Crippen molar-refractivity contribution in [1.29, 1.82) is 0 Å². The maximum Gasteiger partial charge on any atom is 0.119 e. The number of hydrogen-bond donors (Lipinski definition) is 0. The van der Waals surface area contributed by atoms with E-state index in [0.717, 1.165) is 11.7 Å². The summed E-state index contributed by atoms with van der Waals surface area (Å²) in [5.41, 5.74) is 0.171. The topological polar surface area (TPSA) is 17.1 Å². The number of benzene rings is 1. The Bertz CT molecular complexity index is 431. The van der Waals surface area contributed by atoms with E-state index in [2.05, 4.69) is 12.2 Å². The highest BCUT2D eigenvalue weighted by molar-refractivity contribution is 7.71. The summed E-state index contributed by atoms with van der Waals surface area (Å²) in [4.78, 5) is 0. The molecule has 1 nitrogen and oxygen atoms in total. The molecular weight excluding hydrogens is 203 g/mol. The Morgan fingerprint density at radius 1 is 1.20 bits per heavy atom. The Hall–Kier alpha value is -1.07. The summed E-state index contributed by atoms with van der Waals surface area (Å²) in [6, 6.07) is 9.79. The van der Waals surface area contributed by atoms with Crippen molar-refractivity contribution in [2.75, 3.05) is 6.66 Å². The van der Waals surface area contributed by atoms with Crippen LogP contribution in [0.1, 0.15) is 6.42 Å². The van der Waals surface area contributed by atoms with E-state index in [0.29, 0.717) is 0 Å². The van der Waals surface area contributed by atoms with Crippen LogP contribution in [0.15, 0.2) is 54.6 Å². The molecule has 0 aliphatic heterocycles. The molecule has 0 spiro atoms. The average Bonchev–Trinajstić information content (AvgIpc) is 2.31. The normalized spacial score (nSPS) is 23.7. The second kappa shape index (κ2) is 4.20. The largest absolute Gasteiger partial charge is 0.318 e. The van der Waals surface area contributed by atoms with Crippen LogP contribution in [-0.2, 0) is 4.57 Å². The van der Waals surface area contributed by atoms with Gasteiger partial charge in [0.2, 0.25) is 0 Å². The van der Waals surface area contributed by atoms with Crippen molar-refractivity contribution in [1.82, 2.24) is 0 Å². The number of rotatable bonds is 2. The Balaban J connectivity index is 2.31. The van der Waals surface area contributed by atoms with Crippen molar-refractivity contribution in [3.63, 3.8) is 0 Å². The third-order valence-electron chi connectivity index (χ3n) is 2.86. The fourth-order valence-electron chi connectivity index (χ4n) is 1.85. The molecule has 0 aromatic heterocycles. The maximum atomic E-state index is 12.7. The summed E-state index contributed by atoms with van der Waals surface area (Å²) in [6.07, 6.45) is 9.05. The lowest BCUT2D eigenvalue weighted by Gasteiger charge is -2.22. The van der Waals surface area contributed by atoms with Crippen molar-refractivity contribution >= 4 is 12.4 Å². The lowest BCUT2D eigenvalue weighted by molar-refractivity contribution is 0.579. The quantitative estimate of drug-likeness (QED) is 0.697. The molecule has 78 valence electrons. The first-order valence-electron chi connectivity index (χ1n) is 5.17. The highest BCUT2D eigenvalue weighted by Gasteiger charge is 2.27. The summed E-state index contributed by atoms with van der Waals surface area (Å²) in [5, 5.41) is 0.981. The fourth-order valence-corrected chi connectivity index (χ4v) is 3.95. The first kappa shape index (κ1) is 10.4. The molecule has 0 N–H and O–H groups in total.